The lowest BCUT2D eigenvalue weighted by Gasteiger charge is -2.11. The van der Waals surface area contributed by atoms with Gasteiger partial charge in [-0.2, -0.15) is 8.78 Å². The average molecular weight is 394 g/mol. The van der Waals surface area contributed by atoms with Gasteiger partial charge in [0.15, 0.2) is 0 Å². The van der Waals surface area contributed by atoms with E-state index in [1.807, 2.05) is 29.7 Å². The highest BCUT2D eigenvalue weighted by Crippen LogP contribution is 2.31. The molecule has 0 unspecified atom stereocenters. The van der Waals surface area contributed by atoms with Crippen LogP contribution in [-0.4, -0.2) is 25.3 Å². The number of nitrogens with zero attached hydrogens (tertiary/aromatic N) is 1. The Bertz CT molecular complexity index is 1040. The van der Waals surface area contributed by atoms with Crippen molar-refractivity contribution in [3.63, 3.8) is 0 Å². The molecule has 0 saturated heterocycles. The molecule has 8 heteroatoms. The van der Waals surface area contributed by atoms with Gasteiger partial charge in [0.2, 0.25) is 10.0 Å². The predicted molar refractivity (Wildman–Crippen MR) is 103 cm³/mol. The van der Waals surface area contributed by atoms with Crippen LogP contribution in [-0.2, 0) is 16.6 Å². The van der Waals surface area contributed by atoms with Crippen LogP contribution < -0.4 is 9.46 Å². The van der Waals surface area contributed by atoms with E-state index in [9.17, 15) is 17.2 Å². The van der Waals surface area contributed by atoms with Crippen LogP contribution in [0, 0.1) is 0 Å². The lowest BCUT2D eigenvalue weighted by Crippen LogP contribution is -2.14. The van der Waals surface area contributed by atoms with Gasteiger partial charge in [-0.1, -0.05) is 12.1 Å². The van der Waals surface area contributed by atoms with E-state index in [2.05, 4.69) is 9.46 Å². The maximum absolute atomic E-state index is 12.5. The first-order valence-electron chi connectivity index (χ1n) is 8.52. The van der Waals surface area contributed by atoms with E-state index < -0.39 is 16.6 Å². The zero-order valence-electron chi connectivity index (χ0n) is 14.9. The highest BCUT2D eigenvalue weighted by atomic mass is 32.2. The number of rotatable bonds is 7. The summed E-state index contributed by atoms with van der Waals surface area (Å²) in [7, 11) is -3.33. The van der Waals surface area contributed by atoms with Crippen molar-refractivity contribution in [2.24, 2.45) is 0 Å². The topological polar surface area (TPSA) is 60.3 Å². The number of hydrogen-bond acceptors (Lipinski definition) is 3. The Balaban J connectivity index is 1.98. The van der Waals surface area contributed by atoms with Crippen molar-refractivity contribution < 1.29 is 21.9 Å². The lowest BCUT2D eigenvalue weighted by molar-refractivity contribution is -0.0497. The van der Waals surface area contributed by atoms with E-state index in [4.69, 9.17) is 0 Å². The monoisotopic (exact) mass is 394 g/mol. The number of halogens is 2. The first kappa shape index (κ1) is 19.2. The summed E-state index contributed by atoms with van der Waals surface area (Å²) in [4.78, 5) is 0. The van der Waals surface area contributed by atoms with Crippen molar-refractivity contribution in [2.75, 3.05) is 10.5 Å². The summed E-state index contributed by atoms with van der Waals surface area (Å²) in [6.45, 7) is 1.31. The number of alkyl halides is 2. The SMILES string of the molecule is CCn1c(-c2ccc(NS(=O)(=O)CC)cc2)cc2ccc(OC(F)F)cc21. The molecule has 0 amide bonds. The summed E-state index contributed by atoms with van der Waals surface area (Å²) in [5, 5.41) is 0.907. The van der Waals surface area contributed by atoms with Crippen molar-refractivity contribution in [2.45, 2.75) is 27.0 Å². The Morgan fingerprint density at radius 2 is 1.78 bits per heavy atom. The van der Waals surface area contributed by atoms with E-state index in [0.717, 1.165) is 22.2 Å². The number of hydrogen-bond donors (Lipinski definition) is 1. The fourth-order valence-corrected chi connectivity index (χ4v) is 3.59. The average Bonchev–Trinajstić information content (AvgIpc) is 2.99. The highest BCUT2D eigenvalue weighted by Gasteiger charge is 2.13. The Kier molecular flexibility index (Phi) is 5.36. The Labute approximate surface area is 156 Å². The molecule has 1 aromatic heterocycles. The first-order valence-corrected chi connectivity index (χ1v) is 10.2. The third kappa shape index (κ3) is 4.21. The minimum atomic E-state index is -3.33. The van der Waals surface area contributed by atoms with Crippen LogP contribution in [0.2, 0.25) is 0 Å². The quantitative estimate of drug-likeness (QED) is 0.632. The van der Waals surface area contributed by atoms with E-state index in [0.29, 0.717) is 12.2 Å². The molecule has 144 valence electrons. The summed E-state index contributed by atoms with van der Waals surface area (Å²) in [5.41, 5.74) is 3.09. The maximum atomic E-state index is 12.5. The number of sulfonamides is 1. The van der Waals surface area contributed by atoms with Crippen molar-refractivity contribution in [3.8, 4) is 17.0 Å². The third-order valence-electron chi connectivity index (χ3n) is 4.25. The molecule has 3 rings (SSSR count). The fraction of sp³-hybridized carbons (Fsp3) is 0.263. The molecule has 0 aliphatic heterocycles. The zero-order chi connectivity index (χ0) is 19.6. The van der Waals surface area contributed by atoms with Gasteiger partial charge in [0.05, 0.1) is 11.3 Å². The molecule has 1 N–H and O–H groups in total. The zero-order valence-corrected chi connectivity index (χ0v) is 15.8. The second-order valence-corrected chi connectivity index (χ2v) is 7.97. The van der Waals surface area contributed by atoms with Gasteiger partial charge < -0.3 is 9.30 Å². The van der Waals surface area contributed by atoms with E-state index in [-0.39, 0.29) is 11.5 Å². The summed E-state index contributed by atoms with van der Waals surface area (Å²) >= 11 is 0. The van der Waals surface area contributed by atoms with Crippen molar-refractivity contribution >= 4 is 26.6 Å². The summed E-state index contributed by atoms with van der Waals surface area (Å²) in [6.07, 6.45) is 0. The summed E-state index contributed by atoms with van der Waals surface area (Å²) in [6, 6.07) is 13.9. The number of fused-ring (bicyclic) bond motifs is 1. The molecule has 0 atom stereocenters. The highest BCUT2D eigenvalue weighted by molar-refractivity contribution is 7.92. The summed E-state index contributed by atoms with van der Waals surface area (Å²) < 4.78 is 57.3. The van der Waals surface area contributed by atoms with Crippen LogP contribution in [0.4, 0.5) is 14.5 Å². The molecule has 0 radical (unpaired) electrons. The number of benzene rings is 2. The van der Waals surface area contributed by atoms with Gasteiger partial charge in [-0.3, -0.25) is 4.72 Å². The number of aryl methyl sites for hydroxylation is 1. The second-order valence-electron chi connectivity index (χ2n) is 5.96. The van der Waals surface area contributed by atoms with Gasteiger partial charge in [0.25, 0.3) is 0 Å². The van der Waals surface area contributed by atoms with Crippen LogP contribution in [0.3, 0.4) is 0 Å². The van der Waals surface area contributed by atoms with Crippen molar-refractivity contribution in [1.82, 2.24) is 4.57 Å². The van der Waals surface area contributed by atoms with Crippen LogP contribution in [0.5, 0.6) is 5.75 Å². The molecular formula is C19H20F2N2O3S. The largest absolute Gasteiger partial charge is 0.435 e. The minimum absolute atomic E-state index is 0.00183. The smallest absolute Gasteiger partial charge is 0.387 e. The molecule has 0 bridgehead atoms. The molecular weight excluding hydrogens is 374 g/mol. The first-order chi connectivity index (χ1) is 12.8. The molecule has 5 nitrogen and oxygen atoms in total. The Morgan fingerprint density at radius 1 is 1.07 bits per heavy atom. The fourth-order valence-electron chi connectivity index (χ4n) is 2.95. The molecule has 0 aliphatic carbocycles. The van der Waals surface area contributed by atoms with Crippen LogP contribution in [0.1, 0.15) is 13.8 Å². The molecule has 27 heavy (non-hydrogen) atoms. The van der Waals surface area contributed by atoms with Gasteiger partial charge in [0, 0.05) is 29.4 Å². The third-order valence-corrected chi connectivity index (χ3v) is 5.56. The molecule has 0 spiro atoms. The number of anilines is 1. The summed E-state index contributed by atoms with van der Waals surface area (Å²) in [5.74, 6) is 0.114. The van der Waals surface area contributed by atoms with Crippen LogP contribution >= 0.6 is 0 Å². The van der Waals surface area contributed by atoms with E-state index >= 15 is 0 Å². The predicted octanol–water partition coefficient (Wildman–Crippen LogP) is 4.69. The van der Waals surface area contributed by atoms with Gasteiger partial charge in [-0.05, 0) is 49.7 Å². The molecule has 2 aromatic carbocycles. The van der Waals surface area contributed by atoms with Gasteiger partial charge >= 0.3 is 6.61 Å². The molecule has 3 aromatic rings. The van der Waals surface area contributed by atoms with E-state index in [1.54, 1.807) is 31.2 Å². The molecule has 0 fully saturated rings. The Morgan fingerprint density at radius 3 is 2.37 bits per heavy atom. The number of nitrogens with one attached hydrogen (secondary N) is 1. The number of ether oxygens (including phenoxy) is 1. The van der Waals surface area contributed by atoms with Crippen molar-refractivity contribution in [1.29, 1.82) is 0 Å². The Hall–Kier alpha value is -2.61. The normalized spacial score (nSPS) is 11.9. The molecule has 1 heterocycles. The van der Waals surface area contributed by atoms with Crippen LogP contribution in [0.15, 0.2) is 48.5 Å². The van der Waals surface area contributed by atoms with E-state index in [1.165, 1.54) is 6.07 Å². The molecule has 0 aliphatic rings. The van der Waals surface area contributed by atoms with Crippen molar-refractivity contribution in [3.05, 3.63) is 48.5 Å². The molecule has 0 saturated carbocycles. The second kappa shape index (κ2) is 7.56. The van der Waals surface area contributed by atoms with Crippen LogP contribution in [0.25, 0.3) is 22.2 Å². The maximum Gasteiger partial charge on any atom is 0.387 e. The standard InChI is InChI=1S/C19H20F2N2O3S/c1-3-23-17(11-14-7-10-16(12-18(14)23)26-19(20)21)13-5-8-15(9-6-13)22-27(24,25)4-2/h5-12,19,22H,3-4H2,1-2H3. The lowest BCUT2D eigenvalue weighted by atomic mass is 10.1. The van der Waals surface area contributed by atoms with Gasteiger partial charge in [0.1, 0.15) is 5.75 Å². The number of aromatic nitrogens is 1. The van der Waals surface area contributed by atoms with Gasteiger partial charge in [-0.15, -0.1) is 0 Å². The minimum Gasteiger partial charge on any atom is -0.435 e. The van der Waals surface area contributed by atoms with Gasteiger partial charge in [-0.25, -0.2) is 8.42 Å².